The van der Waals surface area contributed by atoms with Crippen molar-refractivity contribution in [2.24, 2.45) is 0 Å². The molecule has 0 amide bonds. The number of hydrogen-bond acceptors (Lipinski definition) is 2. The first-order valence-electron chi connectivity index (χ1n) is 15.3. The molecule has 212 valence electrons. The third-order valence-electron chi connectivity index (χ3n) is 9.36. The zero-order valence-electron chi connectivity index (χ0n) is 24.5. The molecule has 0 spiro atoms. The summed E-state index contributed by atoms with van der Waals surface area (Å²) in [6.45, 7) is 7.74. The Morgan fingerprint density at radius 1 is 0.565 bits per heavy atom. The lowest BCUT2D eigenvalue weighted by molar-refractivity contribution is 0.670. The number of furan rings is 1. The van der Waals surface area contributed by atoms with E-state index in [1.165, 1.54) is 21.5 Å². The van der Waals surface area contributed by atoms with Crippen LogP contribution in [0.1, 0.15) is 0 Å². The lowest BCUT2D eigenvalue weighted by Crippen LogP contribution is -1.97. The molecule has 0 atom stereocenters. The molecule has 0 unspecified atom stereocenters. The predicted molar refractivity (Wildman–Crippen MR) is 190 cm³/mol. The largest absolute Gasteiger partial charge is 0.455 e. The highest BCUT2D eigenvalue weighted by Crippen LogP contribution is 2.44. The summed E-state index contributed by atoms with van der Waals surface area (Å²) in [6.07, 6.45) is 0. The molecule has 46 heavy (non-hydrogen) atoms. The number of pyridine rings is 1. The van der Waals surface area contributed by atoms with Crippen LogP contribution in [-0.2, 0) is 0 Å². The van der Waals surface area contributed by atoms with Gasteiger partial charge in [0.25, 0.3) is 0 Å². The second kappa shape index (κ2) is 9.28. The third-order valence-corrected chi connectivity index (χ3v) is 9.36. The molecule has 0 aliphatic carbocycles. The Balaban J connectivity index is 1.30. The summed E-state index contributed by atoms with van der Waals surface area (Å²) >= 11 is 0. The number of nitrogens with zero attached hydrogens (tertiary/aromatic N) is 3. The monoisotopic (exact) mass is 585 g/mol. The van der Waals surface area contributed by atoms with Crippen molar-refractivity contribution in [2.45, 2.75) is 0 Å². The van der Waals surface area contributed by atoms with Gasteiger partial charge in [-0.15, -0.1) is 0 Å². The molecule has 0 bridgehead atoms. The SMILES string of the molecule is [C-]#[N+]c1ccc2c(c1)c1cc(-c3cc4ccccc4c4c3oc3ccc5ccccc5c34)ccc1n2-c1ccc2ccccc2n1. The smallest absolute Gasteiger partial charge is 0.188 e. The van der Waals surface area contributed by atoms with Crippen molar-refractivity contribution in [1.82, 2.24) is 9.55 Å². The molecule has 7 aromatic carbocycles. The molecule has 0 aliphatic rings. The normalized spacial score (nSPS) is 11.9. The fraction of sp³-hybridized carbons (Fsp3) is 0. The molecule has 10 aromatic rings. The van der Waals surface area contributed by atoms with Gasteiger partial charge in [-0.2, -0.15) is 0 Å². The number of fused-ring (bicyclic) bond motifs is 11. The molecule has 0 N–H and O–H groups in total. The summed E-state index contributed by atoms with van der Waals surface area (Å²) in [5.74, 6) is 0.847. The Kier molecular flexibility index (Phi) is 5.03. The van der Waals surface area contributed by atoms with Gasteiger partial charge in [0, 0.05) is 27.1 Å². The highest BCUT2D eigenvalue weighted by atomic mass is 16.3. The number of para-hydroxylation sites is 1. The summed E-state index contributed by atoms with van der Waals surface area (Å²) in [7, 11) is 0. The van der Waals surface area contributed by atoms with Crippen molar-refractivity contribution in [3.8, 4) is 16.9 Å². The average Bonchev–Trinajstić information content (AvgIpc) is 3.67. The summed E-state index contributed by atoms with van der Waals surface area (Å²) in [4.78, 5) is 8.82. The Morgan fingerprint density at radius 3 is 2.11 bits per heavy atom. The van der Waals surface area contributed by atoms with Gasteiger partial charge < -0.3 is 4.42 Å². The summed E-state index contributed by atoms with van der Waals surface area (Å²) in [5, 5.41) is 10.2. The van der Waals surface area contributed by atoms with Crippen molar-refractivity contribution in [3.63, 3.8) is 0 Å². The minimum Gasteiger partial charge on any atom is -0.455 e. The molecular weight excluding hydrogens is 562 g/mol. The van der Waals surface area contributed by atoms with Crippen LogP contribution in [0.25, 0.3) is 98.0 Å². The molecule has 3 heterocycles. The van der Waals surface area contributed by atoms with Crippen LogP contribution >= 0.6 is 0 Å². The minimum atomic E-state index is 0.612. The summed E-state index contributed by atoms with van der Waals surface area (Å²) < 4.78 is 8.96. The van der Waals surface area contributed by atoms with Crippen molar-refractivity contribution in [1.29, 1.82) is 0 Å². The van der Waals surface area contributed by atoms with Crippen LogP contribution in [0.3, 0.4) is 0 Å². The van der Waals surface area contributed by atoms with Crippen molar-refractivity contribution in [3.05, 3.63) is 151 Å². The van der Waals surface area contributed by atoms with E-state index in [1.54, 1.807) is 0 Å². The van der Waals surface area contributed by atoms with Crippen LogP contribution < -0.4 is 0 Å². The number of aromatic nitrogens is 2. The lowest BCUT2D eigenvalue weighted by atomic mass is 9.94. The first-order valence-corrected chi connectivity index (χ1v) is 15.3. The number of hydrogen-bond donors (Lipinski definition) is 0. The van der Waals surface area contributed by atoms with Gasteiger partial charge in [0.05, 0.1) is 23.1 Å². The molecule has 0 saturated heterocycles. The Bertz CT molecular complexity index is 2940. The van der Waals surface area contributed by atoms with Gasteiger partial charge in [-0.3, -0.25) is 4.57 Å². The first-order chi connectivity index (χ1) is 22.7. The van der Waals surface area contributed by atoms with Crippen LogP contribution in [0.15, 0.2) is 144 Å². The minimum absolute atomic E-state index is 0.612. The first kappa shape index (κ1) is 24.9. The zero-order valence-corrected chi connectivity index (χ0v) is 24.5. The molecule has 0 aliphatic heterocycles. The van der Waals surface area contributed by atoms with Gasteiger partial charge in [-0.05, 0) is 87.1 Å². The van der Waals surface area contributed by atoms with E-state index < -0.39 is 0 Å². The average molecular weight is 586 g/mol. The van der Waals surface area contributed by atoms with Crippen LogP contribution in [0.4, 0.5) is 5.69 Å². The molecular formula is C42H23N3O. The highest BCUT2D eigenvalue weighted by molar-refractivity contribution is 6.29. The second-order valence-corrected chi connectivity index (χ2v) is 11.9. The van der Waals surface area contributed by atoms with Crippen LogP contribution in [0.2, 0.25) is 0 Å². The van der Waals surface area contributed by atoms with E-state index in [0.29, 0.717) is 5.69 Å². The van der Waals surface area contributed by atoms with Gasteiger partial charge >= 0.3 is 0 Å². The van der Waals surface area contributed by atoms with Crippen LogP contribution in [-0.4, -0.2) is 9.55 Å². The summed E-state index contributed by atoms with van der Waals surface area (Å²) in [6, 6.07) is 48.5. The van der Waals surface area contributed by atoms with Crippen molar-refractivity contribution in [2.75, 3.05) is 0 Å². The van der Waals surface area contributed by atoms with E-state index >= 15 is 0 Å². The van der Waals surface area contributed by atoms with E-state index in [0.717, 1.165) is 71.6 Å². The van der Waals surface area contributed by atoms with Crippen LogP contribution in [0, 0.1) is 6.57 Å². The topological polar surface area (TPSA) is 35.3 Å². The lowest BCUT2D eigenvalue weighted by Gasteiger charge is -2.10. The molecule has 0 radical (unpaired) electrons. The molecule has 0 fully saturated rings. The van der Waals surface area contributed by atoms with Gasteiger partial charge in [0.15, 0.2) is 5.69 Å². The molecule has 0 saturated carbocycles. The summed E-state index contributed by atoms with van der Waals surface area (Å²) in [5.41, 5.74) is 7.48. The van der Waals surface area contributed by atoms with Gasteiger partial charge in [-0.1, -0.05) is 84.9 Å². The van der Waals surface area contributed by atoms with Crippen molar-refractivity contribution < 1.29 is 4.42 Å². The number of rotatable bonds is 2. The molecule has 4 heteroatoms. The third kappa shape index (κ3) is 3.45. The van der Waals surface area contributed by atoms with Gasteiger partial charge in [0.2, 0.25) is 0 Å². The standard InChI is InChI=1S/C42H23N3O/c1-43-29-17-19-37-34(24-29)33-23-28(14-18-36(33)45(37)39-21-16-26-9-4-7-13-35(26)44-39)32-22-27-10-3-6-12-31(27)41-40-30-11-5-2-8-25(30)15-20-38(40)46-42(32)41/h2-24H. The Hall–Kier alpha value is -6.44. The van der Waals surface area contributed by atoms with Gasteiger partial charge in [0.1, 0.15) is 17.0 Å². The predicted octanol–water partition coefficient (Wildman–Crippen LogP) is 11.8. The van der Waals surface area contributed by atoms with Gasteiger partial charge in [-0.25, -0.2) is 9.83 Å². The molecule has 4 nitrogen and oxygen atoms in total. The highest BCUT2D eigenvalue weighted by Gasteiger charge is 2.20. The quantitative estimate of drug-likeness (QED) is 0.189. The molecule has 3 aromatic heterocycles. The van der Waals surface area contributed by atoms with E-state index in [4.69, 9.17) is 16.0 Å². The Morgan fingerprint density at radius 2 is 1.26 bits per heavy atom. The maximum atomic E-state index is 7.74. The number of benzene rings is 7. The maximum absolute atomic E-state index is 7.74. The fourth-order valence-corrected chi connectivity index (χ4v) is 7.28. The fourth-order valence-electron chi connectivity index (χ4n) is 7.28. The van der Waals surface area contributed by atoms with E-state index in [2.05, 4.69) is 113 Å². The zero-order chi connectivity index (χ0) is 30.4. The van der Waals surface area contributed by atoms with Crippen LogP contribution in [0.5, 0.6) is 0 Å². The second-order valence-electron chi connectivity index (χ2n) is 11.9. The van der Waals surface area contributed by atoms with E-state index in [9.17, 15) is 0 Å². The Labute approximate surface area is 263 Å². The van der Waals surface area contributed by atoms with E-state index in [1.807, 2.05) is 36.4 Å². The maximum Gasteiger partial charge on any atom is 0.188 e. The van der Waals surface area contributed by atoms with Crippen molar-refractivity contribution >= 4 is 81.9 Å². The molecule has 10 rings (SSSR count). The van der Waals surface area contributed by atoms with E-state index in [-0.39, 0.29) is 0 Å².